The van der Waals surface area contributed by atoms with Gasteiger partial charge in [0.1, 0.15) is 11.4 Å². The van der Waals surface area contributed by atoms with Crippen molar-refractivity contribution in [3.8, 4) is 11.4 Å². The summed E-state index contributed by atoms with van der Waals surface area (Å²) in [5.74, 6) is -0.647. The van der Waals surface area contributed by atoms with Gasteiger partial charge in [0.05, 0.1) is 11.5 Å². The third kappa shape index (κ3) is 5.98. The van der Waals surface area contributed by atoms with Crippen molar-refractivity contribution in [2.75, 3.05) is 13.1 Å². The lowest BCUT2D eigenvalue weighted by Crippen LogP contribution is -2.45. The molecule has 1 aromatic heterocycles. The quantitative estimate of drug-likeness (QED) is 0.397. The second-order valence-corrected chi connectivity index (χ2v) is 9.60. The zero-order valence-corrected chi connectivity index (χ0v) is 19.5. The maximum atomic E-state index is 13.6. The van der Waals surface area contributed by atoms with Crippen LogP contribution in [0.1, 0.15) is 56.0 Å². The molecular formula is C25H25F4N3O3. The summed E-state index contributed by atoms with van der Waals surface area (Å²) >= 11 is 0. The summed E-state index contributed by atoms with van der Waals surface area (Å²) in [6.07, 6.45) is -4.51. The second kappa shape index (κ2) is 9.31. The summed E-state index contributed by atoms with van der Waals surface area (Å²) in [5, 5.41) is 3.96. The number of amides is 1. The monoisotopic (exact) mass is 491 g/mol. The van der Waals surface area contributed by atoms with E-state index in [4.69, 9.17) is 9.26 Å². The van der Waals surface area contributed by atoms with Crippen molar-refractivity contribution in [3.05, 3.63) is 71.4 Å². The van der Waals surface area contributed by atoms with Gasteiger partial charge in [-0.2, -0.15) is 18.2 Å². The van der Waals surface area contributed by atoms with E-state index in [9.17, 15) is 22.4 Å². The van der Waals surface area contributed by atoms with Gasteiger partial charge in [-0.1, -0.05) is 29.4 Å². The Labute approximate surface area is 199 Å². The maximum Gasteiger partial charge on any atom is 0.416 e. The molecule has 35 heavy (non-hydrogen) atoms. The predicted octanol–water partition coefficient (Wildman–Crippen LogP) is 6.40. The third-order valence-electron chi connectivity index (χ3n) is 5.69. The van der Waals surface area contributed by atoms with Crippen molar-refractivity contribution in [1.29, 1.82) is 0 Å². The Bertz CT molecular complexity index is 1190. The summed E-state index contributed by atoms with van der Waals surface area (Å²) in [6, 6.07) is 10.7. The molecular weight excluding hydrogens is 466 g/mol. The molecule has 6 nitrogen and oxygen atoms in total. The third-order valence-corrected chi connectivity index (χ3v) is 5.69. The summed E-state index contributed by atoms with van der Waals surface area (Å²) in [4.78, 5) is 18.8. The highest BCUT2D eigenvalue weighted by molar-refractivity contribution is 5.68. The Balaban J connectivity index is 1.62. The van der Waals surface area contributed by atoms with Crippen LogP contribution in [-0.4, -0.2) is 39.8 Å². The van der Waals surface area contributed by atoms with Gasteiger partial charge >= 0.3 is 12.3 Å². The average Bonchev–Trinajstić information content (AvgIpc) is 3.28. The molecule has 1 saturated heterocycles. The summed E-state index contributed by atoms with van der Waals surface area (Å²) < 4.78 is 63.7. The van der Waals surface area contributed by atoms with Crippen molar-refractivity contribution < 1.29 is 31.6 Å². The lowest BCUT2D eigenvalue weighted by molar-refractivity contribution is -0.137. The number of hydrogen-bond donors (Lipinski definition) is 0. The molecule has 0 saturated carbocycles. The Morgan fingerprint density at radius 1 is 1.06 bits per heavy atom. The second-order valence-electron chi connectivity index (χ2n) is 9.60. The van der Waals surface area contributed by atoms with Gasteiger partial charge < -0.3 is 14.2 Å². The molecule has 1 aliphatic rings. The first kappa shape index (κ1) is 24.7. The minimum absolute atomic E-state index is 0.208. The van der Waals surface area contributed by atoms with Crippen LogP contribution in [0.25, 0.3) is 11.4 Å². The van der Waals surface area contributed by atoms with Crippen LogP contribution in [0.4, 0.5) is 22.4 Å². The van der Waals surface area contributed by atoms with Gasteiger partial charge in [-0.15, -0.1) is 0 Å². The summed E-state index contributed by atoms with van der Waals surface area (Å²) in [5.41, 5.74) is -0.363. The SMILES string of the molecule is CC(C)(C)OC(=O)N1CC(c2ccc(C(F)(F)F)cc2)CC(c2nc(-c3cccc(F)c3)no2)C1. The van der Waals surface area contributed by atoms with E-state index in [1.807, 2.05) is 0 Å². The molecule has 0 N–H and O–H groups in total. The molecule has 1 fully saturated rings. The minimum atomic E-state index is -4.44. The highest BCUT2D eigenvalue weighted by Crippen LogP contribution is 2.38. The maximum absolute atomic E-state index is 13.6. The molecule has 3 aromatic rings. The number of aromatic nitrogens is 2. The van der Waals surface area contributed by atoms with E-state index < -0.39 is 35.2 Å². The van der Waals surface area contributed by atoms with Gasteiger partial charge in [0, 0.05) is 24.6 Å². The lowest BCUT2D eigenvalue weighted by Gasteiger charge is -2.37. The highest BCUT2D eigenvalue weighted by Gasteiger charge is 2.37. The van der Waals surface area contributed by atoms with Crippen molar-refractivity contribution in [2.24, 2.45) is 0 Å². The number of benzene rings is 2. The standard InChI is InChI=1S/C25H25F4N3O3/c1-24(2,3)34-23(33)32-13-17(15-7-9-19(10-8-15)25(27,28)29)11-18(14-32)22-30-21(31-35-22)16-5-4-6-20(26)12-16/h4-10,12,17-18H,11,13-14H2,1-3H3. The zero-order valence-electron chi connectivity index (χ0n) is 19.5. The molecule has 2 aromatic carbocycles. The number of piperidine rings is 1. The Morgan fingerprint density at radius 2 is 1.74 bits per heavy atom. The number of rotatable bonds is 3. The van der Waals surface area contributed by atoms with Gasteiger partial charge in [0.2, 0.25) is 11.7 Å². The molecule has 0 radical (unpaired) electrons. The van der Waals surface area contributed by atoms with Gasteiger partial charge in [0.25, 0.3) is 0 Å². The Morgan fingerprint density at radius 3 is 2.37 bits per heavy atom. The van der Waals surface area contributed by atoms with Gasteiger partial charge in [-0.3, -0.25) is 0 Å². The van der Waals surface area contributed by atoms with E-state index in [-0.39, 0.29) is 30.7 Å². The van der Waals surface area contributed by atoms with E-state index >= 15 is 0 Å². The molecule has 1 amide bonds. The van der Waals surface area contributed by atoms with E-state index in [1.165, 1.54) is 35.2 Å². The topological polar surface area (TPSA) is 68.5 Å². The van der Waals surface area contributed by atoms with Crippen LogP contribution in [0, 0.1) is 5.82 Å². The van der Waals surface area contributed by atoms with E-state index in [0.29, 0.717) is 17.5 Å². The predicted molar refractivity (Wildman–Crippen MR) is 119 cm³/mol. The van der Waals surface area contributed by atoms with Crippen molar-refractivity contribution in [3.63, 3.8) is 0 Å². The van der Waals surface area contributed by atoms with Crippen molar-refractivity contribution in [2.45, 2.75) is 50.8 Å². The number of carbonyl (C=O) groups excluding carboxylic acids is 1. The number of alkyl halides is 3. The normalized spacial score (nSPS) is 19.0. The van der Waals surface area contributed by atoms with Crippen LogP contribution in [0.5, 0.6) is 0 Å². The van der Waals surface area contributed by atoms with E-state index in [1.54, 1.807) is 26.8 Å². The molecule has 4 rings (SSSR count). The van der Waals surface area contributed by atoms with Gasteiger partial charge in [-0.05, 0) is 57.0 Å². The molecule has 0 spiro atoms. The van der Waals surface area contributed by atoms with Crippen LogP contribution in [0.15, 0.2) is 53.1 Å². The van der Waals surface area contributed by atoms with Crippen molar-refractivity contribution in [1.82, 2.24) is 15.0 Å². The highest BCUT2D eigenvalue weighted by atomic mass is 19.4. The fraction of sp³-hybridized carbons (Fsp3) is 0.400. The number of hydrogen-bond acceptors (Lipinski definition) is 5. The number of ether oxygens (including phenoxy) is 1. The van der Waals surface area contributed by atoms with E-state index in [2.05, 4.69) is 10.1 Å². The molecule has 0 bridgehead atoms. The Hall–Kier alpha value is -3.43. The fourth-order valence-corrected chi connectivity index (χ4v) is 4.09. The van der Waals surface area contributed by atoms with Crippen LogP contribution in [-0.2, 0) is 10.9 Å². The summed E-state index contributed by atoms with van der Waals surface area (Å²) in [6.45, 7) is 5.76. The van der Waals surface area contributed by atoms with Crippen LogP contribution < -0.4 is 0 Å². The van der Waals surface area contributed by atoms with Gasteiger partial charge in [0.15, 0.2) is 0 Å². The van der Waals surface area contributed by atoms with Crippen LogP contribution >= 0.6 is 0 Å². The number of likely N-dealkylation sites (tertiary alicyclic amines) is 1. The molecule has 2 unspecified atom stereocenters. The lowest BCUT2D eigenvalue weighted by atomic mass is 9.84. The van der Waals surface area contributed by atoms with Gasteiger partial charge in [-0.25, -0.2) is 9.18 Å². The van der Waals surface area contributed by atoms with Crippen LogP contribution in [0.2, 0.25) is 0 Å². The first-order valence-electron chi connectivity index (χ1n) is 11.1. The van der Waals surface area contributed by atoms with Crippen LogP contribution in [0.3, 0.4) is 0 Å². The molecule has 10 heteroatoms. The largest absolute Gasteiger partial charge is 0.444 e. The molecule has 1 aliphatic heterocycles. The first-order valence-corrected chi connectivity index (χ1v) is 11.1. The number of nitrogens with zero attached hydrogens (tertiary/aromatic N) is 3. The minimum Gasteiger partial charge on any atom is -0.444 e. The number of carbonyl (C=O) groups is 1. The summed E-state index contributed by atoms with van der Waals surface area (Å²) in [7, 11) is 0. The van der Waals surface area contributed by atoms with Crippen molar-refractivity contribution >= 4 is 6.09 Å². The molecule has 0 aliphatic carbocycles. The first-order chi connectivity index (χ1) is 16.4. The Kier molecular flexibility index (Phi) is 6.57. The molecule has 2 heterocycles. The molecule has 2 atom stereocenters. The average molecular weight is 491 g/mol. The van der Waals surface area contributed by atoms with E-state index in [0.717, 1.165) is 12.1 Å². The number of halogens is 4. The zero-order chi connectivity index (χ0) is 25.4. The molecule has 186 valence electrons. The smallest absolute Gasteiger partial charge is 0.416 e. The fourth-order valence-electron chi connectivity index (χ4n) is 4.09.